The maximum atomic E-state index is 11.9. The zero-order chi connectivity index (χ0) is 13.8. The highest BCUT2D eigenvalue weighted by molar-refractivity contribution is 5.96. The van der Waals surface area contributed by atoms with Crippen molar-refractivity contribution in [3.63, 3.8) is 0 Å². The predicted molar refractivity (Wildman–Crippen MR) is 70.5 cm³/mol. The van der Waals surface area contributed by atoms with Crippen LogP contribution in [0, 0.1) is 6.92 Å². The van der Waals surface area contributed by atoms with Crippen LogP contribution in [-0.2, 0) is 0 Å². The summed E-state index contributed by atoms with van der Waals surface area (Å²) in [5.41, 5.74) is 7.12. The van der Waals surface area contributed by atoms with Crippen molar-refractivity contribution in [3.05, 3.63) is 29.3 Å². The largest absolute Gasteiger partial charge is 0.399 e. The number of hydrogen-bond acceptors (Lipinski definition) is 2. The zero-order valence-electron chi connectivity index (χ0n) is 10.4. The van der Waals surface area contributed by atoms with Crippen LogP contribution in [-0.4, -0.2) is 18.6 Å². The maximum absolute atomic E-state index is 11.9. The lowest BCUT2D eigenvalue weighted by atomic mass is 10.1. The van der Waals surface area contributed by atoms with E-state index in [1.165, 1.54) is 6.07 Å². The highest BCUT2D eigenvalue weighted by atomic mass is 35.5. The molecule has 1 aromatic rings. The third kappa shape index (κ3) is 6.33. The first-order chi connectivity index (χ1) is 8.29. The number of anilines is 1. The minimum Gasteiger partial charge on any atom is -0.399 e. The lowest BCUT2D eigenvalue weighted by Gasteiger charge is -2.09. The summed E-state index contributed by atoms with van der Waals surface area (Å²) in [6.45, 7) is 1.73. The molecule has 1 rings (SSSR count). The monoisotopic (exact) mass is 296 g/mol. The van der Waals surface area contributed by atoms with Gasteiger partial charge in [0.15, 0.2) is 0 Å². The van der Waals surface area contributed by atoms with E-state index in [-0.39, 0.29) is 25.4 Å². The molecule has 1 aromatic carbocycles. The van der Waals surface area contributed by atoms with E-state index in [0.717, 1.165) is 5.56 Å². The van der Waals surface area contributed by atoms with Gasteiger partial charge < -0.3 is 11.1 Å². The Hall–Kier alpha value is -1.43. The van der Waals surface area contributed by atoms with E-state index in [2.05, 4.69) is 5.32 Å². The number of carbonyl (C=O) groups is 1. The van der Waals surface area contributed by atoms with E-state index in [4.69, 9.17) is 5.73 Å². The molecule has 7 heteroatoms. The molecule has 3 N–H and O–H groups in total. The quantitative estimate of drug-likeness (QED) is 0.663. The van der Waals surface area contributed by atoms with Gasteiger partial charge in [0.25, 0.3) is 5.91 Å². The van der Waals surface area contributed by atoms with Crippen LogP contribution in [0.5, 0.6) is 0 Å². The SMILES string of the molecule is Cc1ccc(N)cc1C(=O)NCCCC(F)(F)F.Cl. The minimum absolute atomic E-state index is 0. The second-order valence-corrected chi connectivity index (χ2v) is 4.05. The van der Waals surface area contributed by atoms with Crippen LogP contribution in [0.15, 0.2) is 18.2 Å². The van der Waals surface area contributed by atoms with Gasteiger partial charge in [-0.05, 0) is 31.0 Å². The molecular weight excluding hydrogens is 281 g/mol. The molecule has 3 nitrogen and oxygen atoms in total. The van der Waals surface area contributed by atoms with Crippen molar-refractivity contribution < 1.29 is 18.0 Å². The van der Waals surface area contributed by atoms with Gasteiger partial charge in [-0.15, -0.1) is 12.4 Å². The van der Waals surface area contributed by atoms with Crippen LogP contribution in [0.3, 0.4) is 0 Å². The van der Waals surface area contributed by atoms with E-state index in [1.807, 2.05) is 0 Å². The van der Waals surface area contributed by atoms with E-state index in [9.17, 15) is 18.0 Å². The molecule has 108 valence electrons. The van der Waals surface area contributed by atoms with Crippen LogP contribution in [0.25, 0.3) is 0 Å². The minimum atomic E-state index is -4.18. The van der Waals surface area contributed by atoms with Crippen molar-refractivity contribution >= 4 is 24.0 Å². The Morgan fingerprint density at radius 2 is 2.00 bits per heavy atom. The molecule has 0 aliphatic carbocycles. The number of halogens is 4. The standard InChI is InChI=1S/C12H15F3N2O.ClH/c1-8-3-4-9(16)7-10(8)11(18)17-6-2-5-12(13,14)15;/h3-4,7H,2,5-6,16H2,1H3,(H,17,18);1H. The molecule has 0 spiro atoms. The molecule has 0 aliphatic rings. The Balaban J connectivity index is 0.00000324. The molecule has 0 bridgehead atoms. The average Bonchev–Trinajstić information content (AvgIpc) is 2.26. The first kappa shape index (κ1) is 17.6. The number of rotatable bonds is 4. The summed E-state index contributed by atoms with van der Waals surface area (Å²) in [7, 11) is 0. The summed E-state index contributed by atoms with van der Waals surface area (Å²) >= 11 is 0. The molecule has 0 saturated carbocycles. The van der Waals surface area contributed by atoms with E-state index in [0.29, 0.717) is 11.3 Å². The molecule has 0 atom stereocenters. The van der Waals surface area contributed by atoms with Gasteiger partial charge in [-0.3, -0.25) is 4.79 Å². The van der Waals surface area contributed by atoms with Crippen molar-refractivity contribution in [2.45, 2.75) is 25.9 Å². The van der Waals surface area contributed by atoms with Gasteiger partial charge >= 0.3 is 6.18 Å². The highest BCUT2D eigenvalue weighted by Gasteiger charge is 2.26. The van der Waals surface area contributed by atoms with Gasteiger partial charge in [0.1, 0.15) is 0 Å². The molecule has 0 saturated heterocycles. The molecule has 0 unspecified atom stereocenters. The number of nitrogens with two attached hydrogens (primary N) is 1. The summed E-state index contributed by atoms with van der Waals surface area (Å²) in [6, 6.07) is 4.87. The summed E-state index contributed by atoms with van der Waals surface area (Å²) in [5, 5.41) is 2.45. The fourth-order valence-electron chi connectivity index (χ4n) is 1.47. The predicted octanol–water partition coefficient (Wildman–Crippen LogP) is 3.07. The molecule has 0 heterocycles. The molecule has 0 radical (unpaired) electrons. The Morgan fingerprint density at radius 3 is 2.58 bits per heavy atom. The van der Waals surface area contributed by atoms with Crippen molar-refractivity contribution in [1.29, 1.82) is 0 Å². The van der Waals surface area contributed by atoms with E-state index >= 15 is 0 Å². The fraction of sp³-hybridized carbons (Fsp3) is 0.417. The van der Waals surface area contributed by atoms with Crippen molar-refractivity contribution in [3.8, 4) is 0 Å². The first-order valence-electron chi connectivity index (χ1n) is 5.50. The third-order valence-electron chi connectivity index (χ3n) is 2.43. The lowest BCUT2D eigenvalue weighted by Crippen LogP contribution is -2.26. The number of alkyl halides is 3. The van der Waals surface area contributed by atoms with Gasteiger partial charge in [-0.2, -0.15) is 13.2 Å². The van der Waals surface area contributed by atoms with Crippen LogP contribution >= 0.6 is 12.4 Å². The van der Waals surface area contributed by atoms with Gasteiger partial charge in [0, 0.05) is 24.2 Å². The number of carbonyl (C=O) groups excluding carboxylic acids is 1. The van der Waals surface area contributed by atoms with Crippen molar-refractivity contribution in [1.82, 2.24) is 5.32 Å². The van der Waals surface area contributed by atoms with Crippen LogP contribution in [0.2, 0.25) is 0 Å². The highest BCUT2D eigenvalue weighted by Crippen LogP contribution is 2.20. The van der Waals surface area contributed by atoms with Crippen molar-refractivity contribution in [2.75, 3.05) is 12.3 Å². The smallest absolute Gasteiger partial charge is 0.389 e. The summed E-state index contributed by atoms with van der Waals surface area (Å²) in [6.07, 6.45) is -5.21. The van der Waals surface area contributed by atoms with Gasteiger partial charge in [-0.25, -0.2) is 0 Å². The summed E-state index contributed by atoms with van der Waals surface area (Å²) in [5.74, 6) is -0.401. The Morgan fingerprint density at radius 1 is 1.37 bits per heavy atom. The number of nitrogen functional groups attached to an aromatic ring is 1. The number of benzene rings is 1. The molecule has 0 aromatic heterocycles. The normalized spacial score (nSPS) is 10.7. The topological polar surface area (TPSA) is 55.1 Å². The Bertz CT molecular complexity index is 435. The van der Waals surface area contributed by atoms with Gasteiger partial charge in [-0.1, -0.05) is 6.07 Å². The van der Waals surface area contributed by atoms with Crippen molar-refractivity contribution in [2.24, 2.45) is 0 Å². The van der Waals surface area contributed by atoms with Gasteiger partial charge in [0.05, 0.1) is 0 Å². The number of amides is 1. The number of nitrogens with one attached hydrogen (secondary N) is 1. The van der Waals surface area contributed by atoms with Crippen LogP contribution in [0.4, 0.5) is 18.9 Å². The molecule has 1 amide bonds. The fourth-order valence-corrected chi connectivity index (χ4v) is 1.47. The first-order valence-corrected chi connectivity index (χ1v) is 5.50. The Labute approximate surface area is 115 Å². The molecule has 0 fully saturated rings. The third-order valence-corrected chi connectivity index (χ3v) is 2.43. The average molecular weight is 297 g/mol. The molecular formula is C12H16ClF3N2O. The second kappa shape index (κ2) is 7.23. The number of aryl methyl sites for hydroxylation is 1. The van der Waals surface area contributed by atoms with Crippen LogP contribution < -0.4 is 11.1 Å². The molecule has 0 aliphatic heterocycles. The zero-order valence-corrected chi connectivity index (χ0v) is 11.2. The molecule has 19 heavy (non-hydrogen) atoms. The van der Waals surface area contributed by atoms with Crippen LogP contribution in [0.1, 0.15) is 28.8 Å². The maximum Gasteiger partial charge on any atom is 0.389 e. The number of hydrogen-bond donors (Lipinski definition) is 2. The van der Waals surface area contributed by atoms with E-state index in [1.54, 1.807) is 19.1 Å². The summed E-state index contributed by atoms with van der Waals surface area (Å²) in [4.78, 5) is 11.7. The van der Waals surface area contributed by atoms with Gasteiger partial charge in [0.2, 0.25) is 0 Å². The summed E-state index contributed by atoms with van der Waals surface area (Å²) < 4.78 is 35.7. The van der Waals surface area contributed by atoms with E-state index < -0.39 is 18.5 Å². The second-order valence-electron chi connectivity index (χ2n) is 4.05. The lowest BCUT2D eigenvalue weighted by molar-refractivity contribution is -0.135. The Kier molecular flexibility index (Phi) is 6.69.